The Morgan fingerprint density at radius 3 is 2.34 bits per heavy atom. The van der Waals surface area contributed by atoms with Gasteiger partial charge in [-0.3, -0.25) is 4.79 Å². The minimum Gasteiger partial charge on any atom is -0.497 e. The topological polar surface area (TPSA) is 51.2 Å². The molecule has 1 aromatic heterocycles. The molecule has 144 valence electrons. The van der Waals surface area contributed by atoms with Crippen molar-refractivity contribution in [3.05, 3.63) is 95.4 Å². The first-order chi connectivity index (χ1) is 14.2. The molecule has 0 aliphatic rings. The molecule has 3 aromatic carbocycles. The highest BCUT2D eigenvalue weighted by Gasteiger charge is 2.08. The molecule has 0 atom stereocenters. The number of amides is 1. The van der Waals surface area contributed by atoms with Gasteiger partial charge < -0.3 is 10.1 Å². The van der Waals surface area contributed by atoms with Crippen LogP contribution < -0.4 is 10.1 Å². The van der Waals surface area contributed by atoms with E-state index >= 15 is 0 Å². The third kappa shape index (κ3) is 4.52. The highest BCUT2D eigenvalue weighted by atomic mass is 32.1. The molecule has 29 heavy (non-hydrogen) atoms. The Morgan fingerprint density at radius 2 is 1.66 bits per heavy atom. The highest BCUT2D eigenvalue weighted by Crippen LogP contribution is 2.28. The molecular weight excluding hydrogens is 380 g/mol. The molecular formula is C24H20N2O2S. The number of hydrogen-bond acceptors (Lipinski definition) is 4. The molecule has 1 N–H and O–H groups in total. The summed E-state index contributed by atoms with van der Waals surface area (Å²) in [5, 5.41) is 6.01. The molecule has 0 spiro atoms. The molecule has 0 radical (unpaired) electrons. The zero-order valence-corrected chi connectivity index (χ0v) is 16.8. The van der Waals surface area contributed by atoms with E-state index in [1.54, 1.807) is 42.7 Å². The molecule has 4 rings (SSSR count). The van der Waals surface area contributed by atoms with Crippen molar-refractivity contribution < 1.29 is 9.53 Å². The Kier molecular flexibility index (Phi) is 5.68. The summed E-state index contributed by atoms with van der Waals surface area (Å²) >= 11 is 1.63. The summed E-state index contributed by atoms with van der Waals surface area (Å²) in [5.41, 5.74) is 4.82. The Morgan fingerprint density at radius 1 is 0.931 bits per heavy atom. The third-order valence-corrected chi connectivity index (χ3v) is 5.47. The lowest BCUT2D eigenvalue weighted by atomic mass is 10.1. The zero-order valence-electron chi connectivity index (χ0n) is 16.0. The maximum Gasteiger partial charge on any atom is 0.251 e. The summed E-state index contributed by atoms with van der Waals surface area (Å²) in [4.78, 5) is 17.0. The molecule has 1 heterocycles. The standard InChI is InChI=1S/C24H20N2O2S/c1-28-21-13-11-19(12-14-21)23(27)25-15-17-7-9-20(10-8-17)24-26-22(16-29-24)18-5-3-2-4-6-18/h2-14,16H,15H2,1H3,(H,25,27). The predicted molar refractivity (Wildman–Crippen MR) is 117 cm³/mol. The molecule has 0 bridgehead atoms. The van der Waals surface area contributed by atoms with Crippen LogP contribution in [0.25, 0.3) is 21.8 Å². The lowest BCUT2D eigenvalue weighted by Crippen LogP contribution is -2.22. The fraction of sp³-hybridized carbons (Fsp3) is 0.0833. The largest absolute Gasteiger partial charge is 0.497 e. The van der Waals surface area contributed by atoms with Gasteiger partial charge in [-0.2, -0.15) is 0 Å². The van der Waals surface area contributed by atoms with Crippen LogP contribution in [0.2, 0.25) is 0 Å². The van der Waals surface area contributed by atoms with E-state index in [2.05, 4.69) is 22.8 Å². The van der Waals surface area contributed by atoms with Crippen LogP contribution in [0.4, 0.5) is 0 Å². The van der Waals surface area contributed by atoms with E-state index in [0.717, 1.165) is 33.1 Å². The number of benzene rings is 3. The molecule has 5 heteroatoms. The van der Waals surface area contributed by atoms with Crippen LogP contribution in [-0.4, -0.2) is 18.0 Å². The second kappa shape index (κ2) is 8.71. The van der Waals surface area contributed by atoms with Crippen LogP contribution in [0.15, 0.2) is 84.2 Å². The fourth-order valence-electron chi connectivity index (χ4n) is 2.94. The van der Waals surface area contributed by atoms with Gasteiger partial charge in [0.15, 0.2) is 0 Å². The van der Waals surface area contributed by atoms with Gasteiger partial charge >= 0.3 is 0 Å². The van der Waals surface area contributed by atoms with Crippen molar-refractivity contribution in [2.45, 2.75) is 6.54 Å². The lowest BCUT2D eigenvalue weighted by molar-refractivity contribution is 0.0951. The van der Waals surface area contributed by atoms with Gasteiger partial charge in [-0.25, -0.2) is 4.98 Å². The van der Waals surface area contributed by atoms with Crippen molar-refractivity contribution in [1.82, 2.24) is 10.3 Å². The molecule has 0 saturated heterocycles. The van der Waals surface area contributed by atoms with Gasteiger partial charge in [0, 0.05) is 28.6 Å². The summed E-state index contributed by atoms with van der Waals surface area (Å²) in [5.74, 6) is 0.624. The SMILES string of the molecule is COc1ccc(C(=O)NCc2ccc(-c3nc(-c4ccccc4)cs3)cc2)cc1. The Labute approximate surface area is 173 Å². The van der Waals surface area contributed by atoms with Crippen LogP contribution in [0.3, 0.4) is 0 Å². The quantitative estimate of drug-likeness (QED) is 0.470. The van der Waals surface area contributed by atoms with Crippen molar-refractivity contribution in [2.24, 2.45) is 0 Å². The predicted octanol–water partition coefficient (Wildman–Crippen LogP) is 5.42. The average Bonchev–Trinajstić information content (AvgIpc) is 3.29. The highest BCUT2D eigenvalue weighted by molar-refractivity contribution is 7.13. The molecule has 0 aliphatic heterocycles. The van der Waals surface area contributed by atoms with E-state index < -0.39 is 0 Å². The number of carbonyl (C=O) groups is 1. The van der Waals surface area contributed by atoms with Crippen LogP contribution >= 0.6 is 11.3 Å². The molecule has 0 aliphatic carbocycles. The molecule has 4 aromatic rings. The number of nitrogens with one attached hydrogen (secondary N) is 1. The first kappa shape index (κ1) is 18.9. The number of methoxy groups -OCH3 is 1. The molecule has 0 saturated carbocycles. The summed E-state index contributed by atoms with van der Waals surface area (Å²) in [7, 11) is 1.60. The Bertz CT molecular complexity index is 1090. The zero-order chi connectivity index (χ0) is 20.1. The number of nitrogens with zero attached hydrogens (tertiary/aromatic N) is 1. The van der Waals surface area contributed by atoms with E-state index in [1.165, 1.54) is 0 Å². The smallest absolute Gasteiger partial charge is 0.251 e. The minimum atomic E-state index is -0.107. The van der Waals surface area contributed by atoms with Crippen molar-refractivity contribution in [3.8, 4) is 27.6 Å². The summed E-state index contributed by atoms with van der Waals surface area (Å²) in [6.07, 6.45) is 0. The van der Waals surface area contributed by atoms with E-state index in [-0.39, 0.29) is 5.91 Å². The van der Waals surface area contributed by atoms with Gasteiger partial charge in [0.05, 0.1) is 12.8 Å². The van der Waals surface area contributed by atoms with Crippen molar-refractivity contribution in [3.63, 3.8) is 0 Å². The average molecular weight is 401 g/mol. The summed E-state index contributed by atoms with van der Waals surface area (Å²) in [6.45, 7) is 0.471. The number of thiazole rings is 1. The van der Waals surface area contributed by atoms with Crippen molar-refractivity contribution >= 4 is 17.2 Å². The Balaban J connectivity index is 1.39. The summed E-state index contributed by atoms with van der Waals surface area (Å²) < 4.78 is 5.12. The normalized spacial score (nSPS) is 10.5. The number of rotatable bonds is 6. The van der Waals surface area contributed by atoms with Gasteiger partial charge in [-0.15, -0.1) is 11.3 Å². The van der Waals surface area contributed by atoms with Gasteiger partial charge in [-0.05, 0) is 29.8 Å². The van der Waals surface area contributed by atoms with E-state index in [0.29, 0.717) is 12.1 Å². The summed E-state index contributed by atoms with van der Waals surface area (Å²) in [6, 6.07) is 25.4. The third-order valence-electron chi connectivity index (χ3n) is 4.58. The minimum absolute atomic E-state index is 0.107. The fourth-order valence-corrected chi connectivity index (χ4v) is 3.78. The van der Waals surface area contributed by atoms with Crippen LogP contribution in [0.5, 0.6) is 5.75 Å². The first-order valence-electron chi connectivity index (χ1n) is 9.25. The van der Waals surface area contributed by atoms with E-state index in [9.17, 15) is 4.79 Å². The van der Waals surface area contributed by atoms with Crippen LogP contribution in [0, 0.1) is 0 Å². The first-order valence-corrected chi connectivity index (χ1v) is 10.1. The van der Waals surface area contributed by atoms with Gasteiger partial charge in [0.1, 0.15) is 10.8 Å². The molecule has 4 nitrogen and oxygen atoms in total. The van der Waals surface area contributed by atoms with E-state index in [1.807, 2.05) is 42.5 Å². The Hall–Kier alpha value is -3.44. The van der Waals surface area contributed by atoms with Crippen LogP contribution in [-0.2, 0) is 6.54 Å². The van der Waals surface area contributed by atoms with Gasteiger partial charge in [0.25, 0.3) is 5.91 Å². The van der Waals surface area contributed by atoms with E-state index in [4.69, 9.17) is 9.72 Å². The molecule has 0 unspecified atom stereocenters. The number of aromatic nitrogens is 1. The monoisotopic (exact) mass is 400 g/mol. The second-order valence-corrected chi connectivity index (χ2v) is 7.37. The van der Waals surface area contributed by atoms with Gasteiger partial charge in [-0.1, -0.05) is 54.6 Å². The van der Waals surface area contributed by atoms with Crippen LogP contribution in [0.1, 0.15) is 15.9 Å². The maximum atomic E-state index is 12.3. The lowest BCUT2D eigenvalue weighted by Gasteiger charge is -2.07. The number of hydrogen-bond donors (Lipinski definition) is 1. The second-order valence-electron chi connectivity index (χ2n) is 6.51. The molecule has 0 fully saturated rings. The maximum absolute atomic E-state index is 12.3. The van der Waals surface area contributed by atoms with Crippen molar-refractivity contribution in [2.75, 3.05) is 7.11 Å². The van der Waals surface area contributed by atoms with Crippen molar-refractivity contribution in [1.29, 1.82) is 0 Å². The number of carbonyl (C=O) groups excluding carboxylic acids is 1. The van der Waals surface area contributed by atoms with Gasteiger partial charge in [0.2, 0.25) is 0 Å². The molecule has 1 amide bonds. The number of ether oxygens (including phenoxy) is 1.